The minimum atomic E-state index is -0.226. The second kappa shape index (κ2) is 12.7. The Morgan fingerprint density at radius 3 is 2.11 bits per heavy atom. The zero-order valence-corrected chi connectivity index (χ0v) is 30.6. The summed E-state index contributed by atoms with van der Waals surface area (Å²) >= 11 is 1.85. The summed E-state index contributed by atoms with van der Waals surface area (Å²) in [5, 5.41) is 9.53. The van der Waals surface area contributed by atoms with Crippen molar-refractivity contribution in [2.75, 3.05) is 0 Å². The van der Waals surface area contributed by atoms with E-state index in [2.05, 4.69) is 157 Å². The molecular formula is C50H33N3OS. The molecule has 3 aromatic heterocycles. The smallest absolute Gasteiger partial charge is 0.147 e. The number of nitrogens with zero attached hydrogens (tertiary/aromatic N) is 2. The normalized spacial score (nSPS) is 16.1. The molecule has 1 aliphatic rings. The average molecular weight is 724 g/mol. The molecule has 10 aromatic rings. The molecule has 260 valence electrons. The van der Waals surface area contributed by atoms with Gasteiger partial charge in [-0.1, -0.05) is 146 Å². The first-order valence-electron chi connectivity index (χ1n) is 18.6. The van der Waals surface area contributed by atoms with Crippen LogP contribution in [0.1, 0.15) is 28.9 Å². The molecule has 4 nitrogen and oxygen atoms in total. The van der Waals surface area contributed by atoms with Crippen molar-refractivity contribution in [1.82, 2.24) is 10.3 Å². The Morgan fingerprint density at radius 1 is 0.582 bits per heavy atom. The maximum atomic E-state index is 6.60. The summed E-state index contributed by atoms with van der Waals surface area (Å²) in [6.07, 6.45) is -0.226. The molecule has 5 heteroatoms. The molecule has 0 bridgehead atoms. The number of pyridine rings is 1. The highest BCUT2D eigenvalue weighted by Crippen LogP contribution is 2.43. The van der Waals surface area contributed by atoms with Gasteiger partial charge in [0, 0.05) is 42.1 Å². The Labute approximate surface area is 321 Å². The van der Waals surface area contributed by atoms with Gasteiger partial charge in [-0.05, 0) is 58.2 Å². The second-order valence-corrected chi connectivity index (χ2v) is 15.2. The molecule has 0 saturated carbocycles. The van der Waals surface area contributed by atoms with E-state index in [1.54, 1.807) is 0 Å². The lowest BCUT2D eigenvalue weighted by atomic mass is 9.88. The molecule has 11 rings (SSSR count). The van der Waals surface area contributed by atoms with Crippen LogP contribution < -0.4 is 5.32 Å². The van der Waals surface area contributed by atoms with E-state index in [0.717, 1.165) is 77.6 Å². The van der Waals surface area contributed by atoms with Crippen molar-refractivity contribution in [3.63, 3.8) is 0 Å². The maximum absolute atomic E-state index is 6.60. The number of thiophene rings is 1. The number of nitrogens with one attached hydrogen (secondary N) is 1. The molecule has 1 aliphatic heterocycles. The number of aliphatic imine (C=N–C) groups is 1. The summed E-state index contributed by atoms with van der Waals surface area (Å²) in [5.74, 6) is 0. The van der Waals surface area contributed by atoms with Gasteiger partial charge < -0.3 is 4.42 Å². The van der Waals surface area contributed by atoms with Crippen LogP contribution in [0, 0.1) is 0 Å². The van der Waals surface area contributed by atoms with E-state index < -0.39 is 0 Å². The van der Waals surface area contributed by atoms with Crippen molar-refractivity contribution in [2.24, 2.45) is 4.99 Å². The predicted octanol–water partition coefficient (Wildman–Crippen LogP) is 13.2. The standard InChI is InChI=1S/C50H33N3OS/c1-30-45(52-50(34-15-6-3-7-16-34)53-46(30)39-20-12-19-37-36-17-9-11-22-43(36)55-49(37)39)33-25-23-31(24-26-33)35-27-28-42-40(29-35)44-47(32-13-4-2-5-14-32)51-41-21-10-8-18-38(41)48(44)54-42/h2-29,46,50,53H,1H2. The van der Waals surface area contributed by atoms with Gasteiger partial charge in [0.25, 0.3) is 0 Å². The van der Waals surface area contributed by atoms with Crippen LogP contribution in [-0.4, -0.2) is 10.7 Å². The van der Waals surface area contributed by atoms with Gasteiger partial charge >= 0.3 is 0 Å². The number of hydrogen-bond donors (Lipinski definition) is 1. The molecule has 0 saturated heterocycles. The third kappa shape index (κ3) is 5.24. The van der Waals surface area contributed by atoms with E-state index in [9.17, 15) is 0 Å². The molecule has 0 aliphatic carbocycles. The molecular weight excluding hydrogens is 691 g/mol. The van der Waals surface area contributed by atoms with E-state index in [-0.39, 0.29) is 12.2 Å². The first-order valence-corrected chi connectivity index (χ1v) is 19.4. The fourth-order valence-corrected chi connectivity index (χ4v) is 9.50. The molecule has 0 fully saturated rings. The summed E-state index contributed by atoms with van der Waals surface area (Å²) < 4.78 is 9.17. The van der Waals surface area contributed by atoms with Gasteiger partial charge in [0.2, 0.25) is 0 Å². The first kappa shape index (κ1) is 31.8. The average Bonchev–Trinajstić information content (AvgIpc) is 3.83. The van der Waals surface area contributed by atoms with Crippen LogP contribution in [0.15, 0.2) is 191 Å². The number of hydrogen-bond acceptors (Lipinski definition) is 5. The fraction of sp³-hybridized carbons (Fsp3) is 0.0400. The Morgan fingerprint density at radius 2 is 1.27 bits per heavy atom. The molecule has 1 N–H and O–H groups in total. The number of rotatable bonds is 5. The van der Waals surface area contributed by atoms with E-state index in [4.69, 9.17) is 21.0 Å². The summed E-state index contributed by atoms with van der Waals surface area (Å²) in [6.45, 7) is 4.71. The number of fused-ring (bicyclic) bond motifs is 8. The zero-order chi connectivity index (χ0) is 36.5. The van der Waals surface area contributed by atoms with Crippen LogP contribution in [0.4, 0.5) is 0 Å². The molecule has 2 atom stereocenters. The van der Waals surface area contributed by atoms with Gasteiger partial charge in [-0.15, -0.1) is 11.3 Å². The molecule has 55 heavy (non-hydrogen) atoms. The lowest BCUT2D eigenvalue weighted by Gasteiger charge is -2.32. The minimum Gasteiger partial charge on any atom is -0.455 e. The van der Waals surface area contributed by atoms with Crippen LogP contribution in [0.5, 0.6) is 0 Å². The molecule has 7 aromatic carbocycles. The number of furan rings is 1. The Bertz CT molecular complexity index is 3140. The van der Waals surface area contributed by atoms with Gasteiger partial charge in [0.1, 0.15) is 17.3 Å². The lowest BCUT2D eigenvalue weighted by Crippen LogP contribution is -2.34. The number of benzene rings is 7. The third-order valence-corrected chi connectivity index (χ3v) is 12.2. The summed E-state index contributed by atoms with van der Waals surface area (Å²) in [6, 6.07) is 59.5. The van der Waals surface area contributed by atoms with Gasteiger partial charge in [-0.3, -0.25) is 10.3 Å². The van der Waals surface area contributed by atoms with Gasteiger partial charge in [-0.2, -0.15) is 0 Å². The van der Waals surface area contributed by atoms with Crippen LogP contribution in [0.3, 0.4) is 0 Å². The van der Waals surface area contributed by atoms with Crippen molar-refractivity contribution in [1.29, 1.82) is 0 Å². The van der Waals surface area contributed by atoms with Gasteiger partial charge in [-0.25, -0.2) is 4.98 Å². The first-order chi connectivity index (χ1) is 27.2. The van der Waals surface area contributed by atoms with Crippen molar-refractivity contribution in [3.8, 4) is 22.4 Å². The highest BCUT2D eigenvalue weighted by atomic mass is 32.1. The quantitative estimate of drug-likeness (QED) is 0.192. The predicted molar refractivity (Wildman–Crippen MR) is 230 cm³/mol. The molecule has 0 radical (unpaired) electrons. The molecule has 2 unspecified atom stereocenters. The molecule has 0 spiro atoms. The topological polar surface area (TPSA) is 50.4 Å². The maximum Gasteiger partial charge on any atom is 0.147 e. The van der Waals surface area contributed by atoms with Crippen LogP contribution in [0.2, 0.25) is 0 Å². The Kier molecular flexibility index (Phi) is 7.37. The summed E-state index contributed by atoms with van der Waals surface area (Å²) in [5.41, 5.74) is 12.1. The van der Waals surface area contributed by atoms with E-state index in [0.29, 0.717) is 0 Å². The lowest BCUT2D eigenvalue weighted by molar-refractivity contribution is 0.490. The zero-order valence-electron chi connectivity index (χ0n) is 29.7. The highest BCUT2D eigenvalue weighted by molar-refractivity contribution is 7.26. The van der Waals surface area contributed by atoms with Crippen LogP contribution in [-0.2, 0) is 0 Å². The monoisotopic (exact) mass is 723 g/mol. The largest absolute Gasteiger partial charge is 0.455 e. The second-order valence-electron chi connectivity index (χ2n) is 14.2. The number of para-hydroxylation sites is 1. The SMILES string of the molecule is C=C1C(c2ccc(-c3ccc4oc5c6ccccc6nc(-c6ccccc6)c5c4c3)cc2)=NC(c2ccccc2)NC1c1cccc2c1sc1ccccc12. The summed E-state index contributed by atoms with van der Waals surface area (Å²) in [4.78, 5) is 10.5. The van der Waals surface area contributed by atoms with Gasteiger partial charge in [0.05, 0.1) is 28.4 Å². The van der Waals surface area contributed by atoms with E-state index >= 15 is 0 Å². The number of aromatic nitrogens is 1. The van der Waals surface area contributed by atoms with Crippen molar-refractivity contribution in [2.45, 2.75) is 12.2 Å². The van der Waals surface area contributed by atoms with Crippen LogP contribution >= 0.6 is 11.3 Å². The van der Waals surface area contributed by atoms with Crippen LogP contribution in [0.25, 0.3) is 75.4 Å². The van der Waals surface area contributed by atoms with Gasteiger partial charge in [0.15, 0.2) is 0 Å². The summed E-state index contributed by atoms with van der Waals surface area (Å²) in [7, 11) is 0. The van der Waals surface area contributed by atoms with Crippen molar-refractivity contribution < 1.29 is 4.42 Å². The Balaban J connectivity index is 1.01. The van der Waals surface area contributed by atoms with Crippen molar-refractivity contribution >= 4 is 70.1 Å². The minimum absolute atomic E-state index is 0.116. The highest BCUT2D eigenvalue weighted by Gasteiger charge is 2.31. The van der Waals surface area contributed by atoms with E-state index in [1.807, 2.05) is 29.5 Å². The third-order valence-electron chi connectivity index (χ3n) is 10.9. The molecule has 0 amide bonds. The fourth-order valence-electron chi connectivity index (χ4n) is 8.25. The Hall–Kier alpha value is -6.66. The van der Waals surface area contributed by atoms with E-state index in [1.165, 1.54) is 25.7 Å². The molecule has 4 heterocycles. The van der Waals surface area contributed by atoms with Crippen molar-refractivity contribution in [3.05, 3.63) is 199 Å².